The number of hydrogen-bond acceptors (Lipinski definition) is 5. The smallest absolute Gasteiger partial charge is 0.255 e. The van der Waals surface area contributed by atoms with E-state index in [0.29, 0.717) is 28.4 Å². The van der Waals surface area contributed by atoms with E-state index in [9.17, 15) is 14.4 Å². The van der Waals surface area contributed by atoms with E-state index in [1.54, 1.807) is 36.4 Å². The Balaban J connectivity index is 1.65. The molecular weight excluding hydrogens is 422 g/mol. The Morgan fingerprint density at radius 3 is 1.85 bits per heavy atom. The molecule has 0 aromatic heterocycles. The maximum absolute atomic E-state index is 12.5. The minimum Gasteiger partial charge on any atom is -0.494 e. The molecule has 0 aliphatic heterocycles. The minimum absolute atomic E-state index is 0.182. The lowest BCUT2D eigenvalue weighted by molar-refractivity contribution is -0.123. The molecule has 0 spiro atoms. The second-order valence-electron chi connectivity index (χ2n) is 7.06. The molecule has 0 saturated carbocycles. The van der Waals surface area contributed by atoms with Crippen molar-refractivity contribution in [2.45, 2.75) is 6.42 Å². The van der Waals surface area contributed by atoms with Crippen molar-refractivity contribution in [1.29, 1.82) is 0 Å². The molecule has 0 fully saturated rings. The Morgan fingerprint density at radius 1 is 0.727 bits per heavy atom. The third-order valence-electron chi connectivity index (χ3n) is 4.73. The molecule has 3 amide bonds. The summed E-state index contributed by atoms with van der Waals surface area (Å²) < 4.78 is 10.7. The van der Waals surface area contributed by atoms with Gasteiger partial charge in [-0.1, -0.05) is 48.5 Å². The molecule has 0 aliphatic rings. The average Bonchev–Trinajstić information content (AvgIpc) is 2.84. The Hall–Kier alpha value is -4.33. The summed E-state index contributed by atoms with van der Waals surface area (Å²) in [6.45, 7) is -0.205. The van der Waals surface area contributed by atoms with Gasteiger partial charge in [-0.3, -0.25) is 14.4 Å². The number of anilines is 2. The topological polar surface area (TPSA) is 106 Å². The highest BCUT2D eigenvalue weighted by Gasteiger charge is 2.16. The summed E-state index contributed by atoms with van der Waals surface area (Å²) >= 11 is 0. The van der Waals surface area contributed by atoms with Crippen molar-refractivity contribution >= 4 is 29.1 Å². The molecule has 3 aromatic carbocycles. The molecule has 3 rings (SSSR count). The number of nitrogens with one attached hydrogen (secondary N) is 3. The standard InChI is InChI=1S/C25H25N3O5/c1-32-21-15-20(28-25(31)18-11-7-4-8-12-18)22(33-2)14-19(21)27-24(30)16-26-23(29)13-17-9-5-3-6-10-17/h3-12,14-15H,13,16H2,1-2H3,(H,26,29)(H,27,30)(H,28,31). The van der Waals surface area contributed by atoms with E-state index in [-0.39, 0.29) is 24.8 Å². The fourth-order valence-electron chi connectivity index (χ4n) is 3.09. The fourth-order valence-corrected chi connectivity index (χ4v) is 3.09. The van der Waals surface area contributed by atoms with Crippen LogP contribution >= 0.6 is 0 Å². The molecule has 8 heteroatoms. The van der Waals surface area contributed by atoms with Gasteiger partial charge in [-0.25, -0.2) is 0 Å². The van der Waals surface area contributed by atoms with Crippen LogP contribution in [0.4, 0.5) is 11.4 Å². The van der Waals surface area contributed by atoms with Gasteiger partial charge in [0.1, 0.15) is 11.5 Å². The van der Waals surface area contributed by atoms with Gasteiger partial charge in [0, 0.05) is 17.7 Å². The van der Waals surface area contributed by atoms with Gasteiger partial charge >= 0.3 is 0 Å². The molecule has 0 unspecified atom stereocenters. The number of methoxy groups -OCH3 is 2. The first-order valence-electron chi connectivity index (χ1n) is 10.2. The summed E-state index contributed by atoms with van der Waals surface area (Å²) in [7, 11) is 2.90. The summed E-state index contributed by atoms with van der Waals surface area (Å²) in [6, 6.07) is 21.1. The van der Waals surface area contributed by atoms with Crippen LogP contribution < -0.4 is 25.4 Å². The van der Waals surface area contributed by atoms with Crippen molar-refractivity contribution in [2.75, 3.05) is 31.4 Å². The van der Waals surface area contributed by atoms with Gasteiger partial charge in [0.05, 0.1) is 38.6 Å². The largest absolute Gasteiger partial charge is 0.494 e. The van der Waals surface area contributed by atoms with E-state index in [1.807, 2.05) is 36.4 Å². The number of carbonyl (C=O) groups is 3. The molecule has 0 aliphatic carbocycles. The number of benzene rings is 3. The number of carbonyl (C=O) groups excluding carboxylic acids is 3. The number of rotatable bonds is 9. The molecule has 170 valence electrons. The molecule has 3 N–H and O–H groups in total. The quantitative estimate of drug-likeness (QED) is 0.467. The van der Waals surface area contributed by atoms with Crippen LogP contribution in [0.25, 0.3) is 0 Å². The van der Waals surface area contributed by atoms with Gasteiger partial charge in [-0.15, -0.1) is 0 Å². The first-order valence-corrected chi connectivity index (χ1v) is 10.2. The molecule has 33 heavy (non-hydrogen) atoms. The van der Waals surface area contributed by atoms with Crippen LogP contribution in [-0.2, 0) is 16.0 Å². The van der Waals surface area contributed by atoms with Crippen LogP contribution in [-0.4, -0.2) is 38.5 Å². The van der Waals surface area contributed by atoms with Crippen molar-refractivity contribution < 1.29 is 23.9 Å². The van der Waals surface area contributed by atoms with Crippen molar-refractivity contribution in [3.8, 4) is 11.5 Å². The maximum atomic E-state index is 12.5. The summed E-state index contributed by atoms with van der Waals surface area (Å²) in [5, 5.41) is 8.07. The van der Waals surface area contributed by atoms with Crippen molar-refractivity contribution in [1.82, 2.24) is 5.32 Å². The predicted molar refractivity (Wildman–Crippen MR) is 126 cm³/mol. The zero-order chi connectivity index (χ0) is 23.6. The van der Waals surface area contributed by atoms with E-state index in [0.717, 1.165) is 5.56 Å². The Labute approximate surface area is 191 Å². The summed E-state index contributed by atoms with van der Waals surface area (Å²) in [5.41, 5.74) is 2.07. The van der Waals surface area contributed by atoms with Crippen LogP contribution in [0.3, 0.4) is 0 Å². The third kappa shape index (κ3) is 6.57. The molecular formula is C25H25N3O5. The maximum Gasteiger partial charge on any atom is 0.255 e. The molecule has 0 saturated heterocycles. The van der Waals surface area contributed by atoms with Crippen LogP contribution in [0, 0.1) is 0 Å². The lowest BCUT2D eigenvalue weighted by atomic mass is 10.1. The zero-order valence-electron chi connectivity index (χ0n) is 18.4. The molecule has 0 bridgehead atoms. The van der Waals surface area contributed by atoms with E-state index >= 15 is 0 Å². The van der Waals surface area contributed by atoms with Crippen LogP contribution in [0.2, 0.25) is 0 Å². The number of amides is 3. The van der Waals surface area contributed by atoms with Crippen LogP contribution in [0.1, 0.15) is 15.9 Å². The predicted octanol–water partition coefficient (Wildman–Crippen LogP) is 3.25. The lowest BCUT2D eigenvalue weighted by Crippen LogP contribution is -2.33. The zero-order valence-corrected chi connectivity index (χ0v) is 18.4. The molecule has 3 aromatic rings. The highest BCUT2D eigenvalue weighted by atomic mass is 16.5. The Kier molecular flexibility index (Phi) is 8.02. The Morgan fingerprint density at radius 2 is 1.27 bits per heavy atom. The van der Waals surface area contributed by atoms with E-state index in [4.69, 9.17) is 9.47 Å². The SMILES string of the molecule is COc1cc(NC(=O)c2ccccc2)c(OC)cc1NC(=O)CNC(=O)Cc1ccccc1. The third-order valence-corrected chi connectivity index (χ3v) is 4.73. The van der Waals surface area contributed by atoms with Crippen LogP contribution in [0.15, 0.2) is 72.8 Å². The molecule has 0 atom stereocenters. The van der Waals surface area contributed by atoms with Gasteiger partial charge in [-0.05, 0) is 17.7 Å². The van der Waals surface area contributed by atoms with Gasteiger partial charge in [0.2, 0.25) is 11.8 Å². The molecule has 8 nitrogen and oxygen atoms in total. The van der Waals surface area contributed by atoms with Gasteiger partial charge in [-0.2, -0.15) is 0 Å². The first kappa shape index (κ1) is 23.3. The minimum atomic E-state index is -0.433. The highest BCUT2D eigenvalue weighted by Crippen LogP contribution is 2.36. The van der Waals surface area contributed by atoms with Crippen molar-refractivity contribution in [2.24, 2.45) is 0 Å². The monoisotopic (exact) mass is 447 g/mol. The van der Waals surface area contributed by atoms with Gasteiger partial charge in [0.15, 0.2) is 0 Å². The number of hydrogen-bond donors (Lipinski definition) is 3. The van der Waals surface area contributed by atoms with Crippen molar-refractivity contribution in [3.63, 3.8) is 0 Å². The summed E-state index contributed by atoms with van der Waals surface area (Å²) in [6.07, 6.45) is 0.182. The van der Waals surface area contributed by atoms with Gasteiger partial charge in [0.25, 0.3) is 5.91 Å². The summed E-state index contributed by atoms with van der Waals surface area (Å²) in [4.78, 5) is 37.0. The van der Waals surface area contributed by atoms with Crippen molar-refractivity contribution in [3.05, 3.63) is 83.9 Å². The Bertz CT molecular complexity index is 1120. The van der Waals surface area contributed by atoms with E-state index in [2.05, 4.69) is 16.0 Å². The lowest BCUT2D eigenvalue weighted by Gasteiger charge is -2.16. The van der Waals surface area contributed by atoms with E-state index in [1.165, 1.54) is 14.2 Å². The first-order chi connectivity index (χ1) is 16.0. The van der Waals surface area contributed by atoms with Crippen LogP contribution in [0.5, 0.6) is 11.5 Å². The summed E-state index contributed by atoms with van der Waals surface area (Å²) in [5.74, 6) is -0.349. The molecule has 0 radical (unpaired) electrons. The fraction of sp³-hybridized carbons (Fsp3) is 0.160. The second kappa shape index (κ2) is 11.3. The van der Waals surface area contributed by atoms with E-state index < -0.39 is 5.91 Å². The average molecular weight is 447 g/mol. The highest BCUT2D eigenvalue weighted by molar-refractivity contribution is 6.05. The number of ether oxygens (including phenoxy) is 2. The second-order valence-corrected chi connectivity index (χ2v) is 7.06. The normalized spacial score (nSPS) is 10.1. The van der Waals surface area contributed by atoms with Gasteiger partial charge < -0.3 is 25.4 Å². The molecule has 0 heterocycles.